The van der Waals surface area contributed by atoms with Crippen LogP contribution in [0.4, 0.5) is 11.4 Å². The first-order valence-corrected chi connectivity index (χ1v) is 10.6. The molecule has 7 nitrogen and oxygen atoms in total. The standard InChI is InChI=1S/C22H19N3O4S/c26-22(20-13-15-14-29-19-8-4-1-5-16(19)21(15)30-20)24-11-9-23(10-12-24)17-6-2-3-7-18(17)25(27)28/h1-8,13H,9-12,14H2. The summed E-state index contributed by atoms with van der Waals surface area (Å²) in [7, 11) is 0. The second-order valence-electron chi connectivity index (χ2n) is 7.27. The lowest BCUT2D eigenvalue weighted by Crippen LogP contribution is -2.48. The van der Waals surface area contributed by atoms with Gasteiger partial charge in [-0.25, -0.2) is 0 Å². The molecule has 3 aromatic rings. The Kier molecular flexibility index (Phi) is 4.63. The number of thiophene rings is 1. The van der Waals surface area contributed by atoms with Gasteiger partial charge in [0.2, 0.25) is 0 Å². The molecule has 3 heterocycles. The lowest BCUT2D eigenvalue weighted by atomic mass is 10.1. The van der Waals surface area contributed by atoms with E-state index in [4.69, 9.17) is 4.74 Å². The van der Waals surface area contributed by atoms with Crippen LogP contribution >= 0.6 is 11.3 Å². The van der Waals surface area contributed by atoms with Crippen LogP contribution in [-0.2, 0) is 6.61 Å². The van der Waals surface area contributed by atoms with E-state index in [0.29, 0.717) is 43.4 Å². The van der Waals surface area contributed by atoms with E-state index in [1.54, 1.807) is 18.2 Å². The van der Waals surface area contributed by atoms with Gasteiger partial charge >= 0.3 is 0 Å². The average molecular weight is 421 g/mol. The van der Waals surface area contributed by atoms with E-state index in [0.717, 1.165) is 21.8 Å². The zero-order chi connectivity index (χ0) is 20.7. The monoisotopic (exact) mass is 421 g/mol. The number of hydrogen-bond donors (Lipinski definition) is 0. The maximum Gasteiger partial charge on any atom is 0.292 e. The summed E-state index contributed by atoms with van der Waals surface area (Å²) in [6, 6.07) is 16.6. The van der Waals surface area contributed by atoms with Crippen LogP contribution in [0.25, 0.3) is 10.4 Å². The fourth-order valence-corrected chi connectivity index (χ4v) is 5.16. The lowest BCUT2D eigenvalue weighted by molar-refractivity contribution is -0.384. The van der Waals surface area contributed by atoms with Gasteiger partial charge in [0.15, 0.2) is 0 Å². The molecule has 1 amide bonds. The van der Waals surface area contributed by atoms with E-state index in [1.165, 1.54) is 17.4 Å². The quantitative estimate of drug-likeness (QED) is 0.468. The van der Waals surface area contributed by atoms with Gasteiger partial charge in [0, 0.05) is 48.2 Å². The molecule has 5 rings (SSSR count). The van der Waals surface area contributed by atoms with Crippen LogP contribution in [-0.4, -0.2) is 41.9 Å². The number of carbonyl (C=O) groups is 1. The van der Waals surface area contributed by atoms with Crippen molar-refractivity contribution in [2.24, 2.45) is 0 Å². The van der Waals surface area contributed by atoms with Crippen molar-refractivity contribution in [3.63, 3.8) is 0 Å². The van der Waals surface area contributed by atoms with E-state index in [-0.39, 0.29) is 16.5 Å². The van der Waals surface area contributed by atoms with Gasteiger partial charge in [-0.15, -0.1) is 11.3 Å². The van der Waals surface area contributed by atoms with Gasteiger partial charge in [-0.3, -0.25) is 14.9 Å². The van der Waals surface area contributed by atoms with Crippen LogP contribution in [0.5, 0.6) is 5.75 Å². The smallest absolute Gasteiger partial charge is 0.292 e. The minimum atomic E-state index is -0.358. The van der Waals surface area contributed by atoms with Crippen molar-refractivity contribution in [1.29, 1.82) is 0 Å². The first kappa shape index (κ1) is 18.6. The van der Waals surface area contributed by atoms with E-state index in [1.807, 2.05) is 40.1 Å². The predicted octanol–water partition coefficient (Wildman–Crippen LogP) is 4.18. The fraction of sp³-hybridized carbons (Fsp3) is 0.227. The molecular formula is C22H19N3O4S. The van der Waals surface area contributed by atoms with Crippen molar-refractivity contribution in [2.45, 2.75) is 6.61 Å². The minimum absolute atomic E-state index is 0.00842. The van der Waals surface area contributed by atoms with E-state index < -0.39 is 0 Å². The van der Waals surface area contributed by atoms with E-state index in [2.05, 4.69) is 0 Å². The molecule has 0 N–H and O–H groups in total. The van der Waals surface area contributed by atoms with Gasteiger partial charge in [-0.1, -0.05) is 24.3 Å². The number of nitrogens with zero attached hydrogens (tertiary/aromatic N) is 3. The zero-order valence-electron chi connectivity index (χ0n) is 16.1. The Balaban J connectivity index is 1.32. The number of anilines is 1. The van der Waals surface area contributed by atoms with Crippen molar-refractivity contribution in [3.05, 3.63) is 75.2 Å². The molecule has 0 unspecified atom stereocenters. The largest absolute Gasteiger partial charge is 0.488 e. The zero-order valence-corrected chi connectivity index (χ0v) is 16.9. The molecule has 0 bridgehead atoms. The molecule has 30 heavy (non-hydrogen) atoms. The highest BCUT2D eigenvalue weighted by Gasteiger charge is 2.28. The van der Waals surface area contributed by atoms with Crippen LogP contribution in [0.2, 0.25) is 0 Å². The molecule has 1 saturated heterocycles. The molecule has 152 valence electrons. The summed E-state index contributed by atoms with van der Waals surface area (Å²) in [6.07, 6.45) is 0. The Morgan fingerprint density at radius 2 is 1.77 bits per heavy atom. The molecule has 2 aliphatic rings. The third kappa shape index (κ3) is 3.19. The van der Waals surface area contributed by atoms with Crippen molar-refractivity contribution in [3.8, 4) is 16.2 Å². The first-order chi connectivity index (χ1) is 14.6. The number of para-hydroxylation sites is 3. The van der Waals surface area contributed by atoms with Crippen LogP contribution in [0.3, 0.4) is 0 Å². The molecule has 0 atom stereocenters. The molecule has 1 fully saturated rings. The number of amides is 1. The second-order valence-corrected chi connectivity index (χ2v) is 8.33. The number of carbonyl (C=O) groups excluding carboxylic acids is 1. The number of rotatable bonds is 3. The first-order valence-electron chi connectivity index (χ1n) is 9.74. The maximum absolute atomic E-state index is 13.1. The van der Waals surface area contributed by atoms with Gasteiger partial charge in [0.1, 0.15) is 18.0 Å². The summed E-state index contributed by atoms with van der Waals surface area (Å²) in [5.74, 6) is 0.859. The normalized spacial score (nSPS) is 15.2. The van der Waals surface area contributed by atoms with Gasteiger partial charge in [0.05, 0.1) is 9.80 Å². The average Bonchev–Trinajstić information content (AvgIpc) is 3.23. The molecule has 0 spiro atoms. The van der Waals surface area contributed by atoms with Gasteiger partial charge in [-0.05, 0) is 24.3 Å². The fourth-order valence-electron chi connectivity index (χ4n) is 4.00. The molecule has 0 radical (unpaired) electrons. The number of ether oxygens (including phenoxy) is 1. The van der Waals surface area contributed by atoms with Gasteiger partial charge in [0.25, 0.3) is 11.6 Å². The predicted molar refractivity (Wildman–Crippen MR) is 115 cm³/mol. The van der Waals surface area contributed by atoms with Crippen molar-refractivity contribution in [2.75, 3.05) is 31.1 Å². The van der Waals surface area contributed by atoms with Crippen LogP contribution in [0.15, 0.2) is 54.6 Å². The molecule has 0 saturated carbocycles. The molecule has 1 aromatic heterocycles. The Morgan fingerprint density at radius 1 is 1.03 bits per heavy atom. The molecule has 0 aliphatic carbocycles. The minimum Gasteiger partial charge on any atom is -0.488 e. The summed E-state index contributed by atoms with van der Waals surface area (Å²) in [5.41, 5.74) is 2.78. The van der Waals surface area contributed by atoms with Gasteiger partial charge < -0.3 is 14.5 Å². The topological polar surface area (TPSA) is 75.9 Å². The van der Waals surface area contributed by atoms with Crippen molar-refractivity contribution < 1.29 is 14.5 Å². The Bertz CT molecular complexity index is 1130. The number of hydrogen-bond acceptors (Lipinski definition) is 6. The van der Waals surface area contributed by atoms with Crippen LogP contribution < -0.4 is 9.64 Å². The molecule has 2 aromatic carbocycles. The third-order valence-corrected chi connectivity index (χ3v) is 6.72. The number of nitro benzene ring substituents is 1. The SMILES string of the molecule is O=C(c1cc2c(s1)-c1ccccc1OC2)N1CCN(c2ccccc2[N+](=O)[O-])CC1. The highest BCUT2D eigenvalue weighted by molar-refractivity contribution is 7.17. The Labute approximate surface area is 177 Å². The maximum atomic E-state index is 13.1. The summed E-state index contributed by atoms with van der Waals surface area (Å²) in [4.78, 5) is 29.7. The van der Waals surface area contributed by atoms with E-state index >= 15 is 0 Å². The van der Waals surface area contributed by atoms with Crippen molar-refractivity contribution >= 4 is 28.6 Å². The lowest BCUT2D eigenvalue weighted by Gasteiger charge is -2.35. The van der Waals surface area contributed by atoms with Crippen LogP contribution in [0.1, 0.15) is 15.2 Å². The number of piperazine rings is 1. The number of fused-ring (bicyclic) bond motifs is 3. The van der Waals surface area contributed by atoms with Crippen molar-refractivity contribution in [1.82, 2.24) is 4.90 Å². The Hall–Kier alpha value is -3.39. The third-order valence-electron chi connectivity index (χ3n) is 5.52. The molecular weight excluding hydrogens is 402 g/mol. The summed E-state index contributed by atoms with van der Waals surface area (Å²) >= 11 is 1.51. The van der Waals surface area contributed by atoms with Crippen LogP contribution in [0, 0.1) is 10.1 Å². The van der Waals surface area contributed by atoms with E-state index in [9.17, 15) is 14.9 Å². The number of benzene rings is 2. The summed E-state index contributed by atoms with van der Waals surface area (Å²) in [6.45, 7) is 2.66. The Morgan fingerprint density at radius 3 is 2.57 bits per heavy atom. The second kappa shape index (κ2) is 7.46. The summed E-state index contributed by atoms with van der Waals surface area (Å²) < 4.78 is 5.80. The highest BCUT2D eigenvalue weighted by Crippen LogP contribution is 2.42. The number of nitro groups is 1. The highest BCUT2D eigenvalue weighted by atomic mass is 32.1. The molecule has 2 aliphatic heterocycles. The van der Waals surface area contributed by atoms with Gasteiger partial charge in [-0.2, -0.15) is 0 Å². The summed E-state index contributed by atoms with van der Waals surface area (Å²) in [5, 5.41) is 11.3. The molecule has 8 heteroatoms.